The van der Waals surface area contributed by atoms with Gasteiger partial charge in [-0.15, -0.1) is 5.10 Å². The molecular weight excluding hydrogens is 150 g/mol. The SMILES string of the molecule is CCCc1nncc(Cl)n1. The molecule has 0 spiro atoms. The number of hydrogen-bond donors (Lipinski definition) is 0. The Morgan fingerprint density at radius 2 is 2.40 bits per heavy atom. The van der Waals surface area contributed by atoms with Gasteiger partial charge in [0, 0.05) is 6.42 Å². The van der Waals surface area contributed by atoms with E-state index in [-0.39, 0.29) is 0 Å². The third-order valence-electron chi connectivity index (χ3n) is 1.05. The maximum atomic E-state index is 5.57. The Morgan fingerprint density at radius 1 is 1.60 bits per heavy atom. The standard InChI is InChI=1S/C6H8ClN3/c1-2-3-6-9-5(7)4-8-10-6/h4H,2-3H2,1H3. The van der Waals surface area contributed by atoms with Gasteiger partial charge in [-0.05, 0) is 6.42 Å². The summed E-state index contributed by atoms with van der Waals surface area (Å²) in [6.45, 7) is 2.06. The predicted octanol–water partition coefficient (Wildman–Crippen LogP) is 1.48. The first-order valence-electron chi connectivity index (χ1n) is 3.17. The van der Waals surface area contributed by atoms with E-state index in [1.807, 2.05) is 0 Å². The van der Waals surface area contributed by atoms with Crippen molar-refractivity contribution in [2.45, 2.75) is 19.8 Å². The topological polar surface area (TPSA) is 38.7 Å². The van der Waals surface area contributed by atoms with Gasteiger partial charge in [0.25, 0.3) is 0 Å². The molecule has 1 heterocycles. The first-order chi connectivity index (χ1) is 4.83. The van der Waals surface area contributed by atoms with Gasteiger partial charge < -0.3 is 0 Å². The van der Waals surface area contributed by atoms with E-state index < -0.39 is 0 Å². The molecule has 10 heavy (non-hydrogen) atoms. The van der Waals surface area contributed by atoms with Gasteiger partial charge in [0.15, 0.2) is 11.0 Å². The monoisotopic (exact) mass is 157 g/mol. The van der Waals surface area contributed by atoms with Gasteiger partial charge in [-0.2, -0.15) is 5.10 Å². The van der Waals surface area contributed by atoms with Gasteiger partial charge in [0.1, 0.15) is 0 Å². The van der Waals surface area contributed by atoms with Gasteiger partial charge in [-0.25, -0.2) is 4.98 Å². The van der Waals surface area contributed by atoms with Crippen molar-refractivity contribution in [1.82, 2.24) is 15.2 Å². The molecule has 1 aromatic rings. The molecule has 0 bridgehead atoms. The van der Waals surface area contributed by atoms with Crippen molar-refractivity contribution in [3.63, 3.8) is 0 Å². The number of hydrogen-bond acceptors (Lipinski definition) is 3. The number of nitrogens with zero attached hydrogens (tertiary/aromatic N) is 3. The van der Waals surface area contributed by atoms with Crippen LogP contribution in [0, 0.1) is 0 Å². The third kappa shape index (κ3) is 1.92. The van der Waals surface area contributed by atoms with E-state index >= 15 is 0 Å². The average molecular weight is 158 g/mol. The van der Waals surface area contributed by atoms with Crippen molar-refractivity contribution in [3.8, 4) is 0 Å². The number of halogens is 1. The van der Waals surface area contributed by atoms with Crippen LogP contribution in [0.2, 0.25) is 5.15 Å². The summed E-state index contributed by atoms with van der Waals surface area (Å²) in [5, 5.41) is 7.86. The minimum atomic E-state index is 0.415. The van der Waals surface area contributed by atoms with Gasteiger partial charge in [0.05, 0.1) is 6.20 Å². The van der Waals surface area contributed by atoms with Crippen LogP contribution in [0.25, 0.3) is 0 Å². The van der Waals surface area contributed by atoms with Crippen molar-refractivity contribution < 1.29 is 0 Å². The Balaban J connectivity index is 2.75. The molecule has 0 N–H and O–H groups in total. The van der Waals surface area contributed by atoms with Crippen molar-refractivity contribution in [1.29, 1.82) is 0 Å². The average Bonchev–Trinajstić information content (AvgIpc) is 1.88. The molecule has 3 nitrogen and oxygen atoms in total. The molecule has 0 aliphatic heterocycles. The van der Waals surface area contributed by atoms with Gasteiger partial charge in [-0.3, -0.25) is 0 Å². The summed E-state index contributed by atoms with van der Waals surface area (Å²) in [7, 11) is 0. The molecule has 0 radical (unpaired) electrons. The molecule has 1 rings (SSSR count). The Bertz CT molecular complexity index is 214. The fraction of sp³-hybridized carbons (Fsp3) is 0.500. The lowest BCUT2D eigenvalue weighted by molar-refractivity contribution is 0.787. The van der Waals surface area contributed by atoms with E-state index in [1.54, 1.807) is 0 Å². The summed E-state index contributed by atoms with van der Waals surface area (Å²) in [5.74, 6) is 0.718. The van der Waals surface area contributed by atoms with Crippen LogP contribution in [-0.4, -0.2) is 15.2 Å². The molecule has 0 aliphatic carbocycles. The van der Waals surface area contributed by atoms with E-state index in [9.17, 15) is 0 Å². The van der Waals surface area contributed by atoms with E-state index in [2.05, 4.69) is 22.1 Å². The summed E-state index contributed by atoms with van der Waals surface area (Å²) < 4.78 is 0. The summed E-state index contributed by atoms with van der Waals surface area (Å²) in [4.78, 5) is 3.95. The maximum Gasteiger partial charge on any atom is 0.152 e. The van der Waals surface area contributed by atoms with Crippen LogP contribution in [0.5, 0.6) is 0 Å². The molecule has 0 amide bonds. The molecule has 4 heteroatoms. The van der Waals surface area contributed by atoms with E-state index in [4.69, 9.17) is 11.6 Å². The molecule has 0 aliphatic rings. The molecule has 1 aromatic heterocycles. The molecule has 0 unspecified atom stereocenters. The van der Waals surface area contributed by atoms with Gasteiger partial charge in [0.2, 0.25) is 0 Å². The molecule has 0 saturated carbocycles. The normalized spacial score (nSPS) is 9.80. The van der Waals surface area contributed by atoms with E-state index in [0.717, 1.165) is 18.7 Å². The van der Waals surface area contributed by atoms with Gasteiger partial charge >= 0.3 is 0 Å². The largest absolute Gasteiger partial charge is 0.218 e. The van der Waals surface area contributed by atoms with Crippen LogP contribution in [0.15, 0.2) is 6.20 Å². The Kier molecular flexibility index (Phi) is 2.57. The zero-order valence-corrected chi connectivity index (χ0v) is 6.47. The van der Waals surface area contributed by atoms with Crippen LogP contribution >= 0.6 is 11.6 Å². The van der Waals surface area contributed by atoms with Crippen molar-refractivity contribution in [3.05, 3.63) is 17.2 Å². The minimum Gasteiger partial charge on any atom is -0.218 e. The van der Waals surface area contributed by atoms with Crippen LogP contribution in [0.3, 0.4) is 0 Å². The van der Waals surface area contributed by atoms with E-state index in [1.165, 1.54) is 6.20 Å². The maximum absolute atomic E-state index is 5.57. The zero-order chi connectivity index (χ0) is 7.40. The van der Waals surface area contributed by atoms with Crippen LogP contribution in [0.1, 0.15) is 19.2 Å². The Hall–Kier alpha value is -0.700. The highest BCUT2D eigenvalue weighted by Crippen LogP contribution is 2.00. The minimum absolute atomic E-state index is 0.415. The number of aryl methyl sites for hydroxylation is 1. The summed E-state index contributed by atoms with van der Waals surface area (Å²) in [6, 6.07) is 0. The lowest BCUT2D eigenvalue weighted by Crippen LogP contribution is -1.95. The zero-order valence-electron chi connectivity index (χ0n) is 5.71. The van der Waals surface area contributed by atoms with Crippen LogP contribution < -0.4 is 0 Å². The smallest absolute Gasteiger partial charge is 0.152 e. The number of rotatable bonds is 2. The summed E-state index contributed by atoms with van der Waals surface area (Å²) >= 11 is 5.57. The highest BCUT2D eigenvalue weighted by molar-refractivity contribution is 6.29. The fourth-order valence-electron chi connectivity index (χ4n) is 0.647. The second-order valence-electron chi connectivity index (χ2n) is 1.95. The van der Waals surface area contributed by atoms with Gasteiger partial charge in [-0.1, -0.05) is 18.5 Å². The highest BCUT2D eigenvalue weighted by atomic mass is 35.5. The van der Waals surface area contributed by atoms with Crippen molar-refractivity contribution in [2.75, 3.05) is 0 Å². The lowest BCUT2D eigenvalue weighted by atomic mass is 10.3. The van der Waals surface area contributed by atoms with Crippen LogP contribution in [0.4, 0.5) is 0 Å². The molecule has 0 saturated heterocycles. The third-order valence-corrected chi connectivity index (χ3v) is 1.23. The fourth-order valence-corrected chi connectivity index (χ4v) is 0.788. The Morgan fingerprint density at radius 3 is 3.00 bits per heavy atom. The summed E-state index contributed by atoms with van der Waals surface area (Å²) in [5.41, 5.74) is 0. The second-order valence-corrected chi connectivity index (χ2v) is 2.33. The highest BCUT2D eigenvalue weighted by Gasteiger charge is 1.95. The second kappa shape index (κ2) is 3.46. The first-order valence-corrected chi connectivity index (χ1v) is 3.55. The quantitative estimate of drug-likeness (QED) is 0.653. The first kappa shape index (κ1) is 7.41. The van der Waals surface area contributed by atoms with E-state index in [0.29, 0.717) is 5.15 Å². The van der Waals surface area contributed by atoms with Crippen molar-refractivity contribution >= 4 is 11.6 Å². The number of aromatic nitrogens is 3. The predicted molar refractivity (Wildman–Crippen MR) is 38.8 cm³/mol. The molecular formula is C6H8ClN3. The van der Waals surface area contributed by atoms with Crippen LogP contribution in [-0.2, 0) is 6.42 Å². The van der Waals surface area contributed by atoms with Crippen molar-refractivity contribution in [2.24, 2.45) is 0 Å². The molecule has 54 valence electrons. The lowest BCUT2D eigenvalue weighted by Gasteiger charge is -1.93. The molecule has 0 aromatic carbocycles. The Labute approximate surface area is 64.5 Å². The summed E-state index contributed by atoms with van der Waals surface area (Å²) in [6.07, 6.45) is 3.29. The molecule has 0 atom stereocenters. The molecule has 0 fully saturated rings.